The highest BCUT2D eigenvalue weighted by atomic mass is 32.2. The molecular weight excluding hydrogens is 449 g/mol. The molecule has 1 aromatic heterocycles. The third-order valence-electron chi connectivity index (χ3n) is 6.38. The van der Waals surface area contributed by atoms with Gasteiger partial charge in [0.05, 0.1) is 0 Å². The van der Waals surface area contributed by atoms with Crippen molar-refractivity contribution in [1.82, 2.24) is 10.0 Å². The Balaban J connectivity index is 1.37. The van der Waals surface area contributed by atoms with E-state index in [2.05, 4.69) is 14.9 Å². The highest BCUT2D eigenvalue weighted by Gasteiger charge is 2.29. The highest BCUT2D eigenvalue weighted by Crippen LogP contribution is 2.29. The predicted octanol–water partition coefficient (Wildman–Crippen LogP) is 3.68. The third-order valence-corrected chi connectivity index (χ3v) is 9.25. The summed E-state index contributed by atoms with van der Waals surface area (Å²) in [5.74, 6) is -0.164. The number of sulfonamides is 1. The standard InChI is InChI=1S/C23H30FN3O3S2/c24-19-8-9-21-18(16-19)10-12-27(21)13-11-25-23(28)20(15-17-5-2-1-3-6-17)26-32(29,30)22-7-4-14-31-22/h4,7-9,14,16-17,20,26H,1-3,5-6,10-13,15H2,(H,25,28). The van der Waals surface area contributed by atoms with E-state index in [-0.39, 0.29) is 15.9 Å². The maximum atomic E-state index is 13.4. The molecule has 32 heavy (non-hydrogen) atoms. The SMILES string of the molecule is O=C(NCCN1CCc2cc(F)ccc21)C(CC1CCCCC1)NS(=O)(=O)c1cccs1. The number of nitrogens with one attached hydrogen (secondary N) is 2. The van der Waals surface area contributed by atoms with Gasteiger partial charge in [0.25, 0.3) is 10.0 Å². The lowest BCUT2D eigenvalue weighted by Gasteiger charge is -2.27. The van der Waals surface area contributed by atoms with Gasteiger partial charge in [-0.25, -0.2) is 12.8 Å². The minimum absolute atomic E-state index is 0.222. The molecule has 1 aliphatic carbocycles. The lowest BCUT2D eigenvalue weighted by Crippen LogP contribution is -2.49. The normalized spacial score (nSPS) is 17.8. The van der Waals surface area contributed by atoms with Crippen LogP contribution in [0.3, 0.4) is 0 Å². The van der Waals surface area contributed by atoms with Crippen LogP contribution in [0.15, 0.2) is 39.9 Å². The van der Waals surface area contributed by atoms with Gasteiger partial charge in [-0.2, -0.15) is 4.72 Å². The first-order chi connectivity index (χ1) is 15.4. The van der Waals surface area contributed by atoms with Crippen molar-refractivity contribution < 1.29 is 17.6 Å². The lowest BCUT2D eigenvalue weighted by molar-refractivity contribution is -0.123. The van der Waals surface area contributed by atoms with E-state index in [9.17, 15) is 17.6 Å². The largest absolute Gasteiger partial charge is 0.369 e. The van der Waals surface area contributed by atoms with Gasteiger partial charge in [0.2, 0.25) is 5.91 Å². The average molecular weight is 480 g/mol. The quantitative estimate of drug-likeness (QED) is 0.575. The molecule has 4 rings (SSSR count). The highest BCUT2D eigenvalue weighted by molar-refractivity contribution is 7.91. The summed E-state index contributed by atoms with van der Waals surface area (Å²) in [5.41, 5.74) is 1.98. The molecule has 2 aliphatic rings. The number of hydrogen-bond acceptors (Lipinski definition) is 5. The van der Waals surface area contributed by atoms with Crippen LogP contribution in [0.2, 0.25) is 0 Å². The summed E-state index contributed by atoms with van der Waals surface area (Å²) in [6.45, 7) is 1.78. The second-order valence-corrected chi connectivity index (χ2v) is 11.5. The van der Waals surface area contributed by atoms with Crippen molar-refractivity contribution in [3.63, 3.8) is 0 Å². The maximum absolute atomic E-state index is 13.4. The fourth-order valence-corrected chi connectivity index (χ4v) is 6.95. The smallest absolute Gasteiger partial charge is 0.250 e. The van der Waals surface area contributed by atoms with Gasteiger partial charge in [0.15, 0.2) is 0 Å². The van der Waals surface area contributed by atoms with Gasteiger partial charge in [-0.3, -0.25) is 4.79 Å². The summed E-state index contributed by atoms with van der Waals surface area (Å²) in [6, 6.07) is 7.25. The first-order valence-corrected chi connectivity index (χ1v) is 13.7. The van der Waals surface area contributed by atoms with Crippen LogP contribution in [0.5, 0.6) is 0 Å². The molecule has 1 amide bonds. The molecule has 1 saturated carbocycles. The fourth-order valence-electron chi connectivity index (χ4n) is 4.73. The van der Waals surface area contributed by atoms with Crippen molar-refractivity contribution in [3.05, 3.63) is 47.1 Å². The first-order valence-electron chi connectivity index (χ1n) is 11.3. The van der Waals surface area contributed by atoms with Crippen molar-refractivity contribution in [3.8, 4) is 0 Å². The van der Waals surface area contributed by atoms with Gasteiger partial charge in [0, 0.05) is 25.3 Å². The molecular formula is C23H30FN3O3S2. The summed E-state index contributed by atoms with van der Waals surface area (Å²) < 4.78 is 41.9. The van der Waals surface area contributed by atoms with Crippen LogP contribution >= 0.6 is 11.3 Å². The summed E-state index contributed by atoms with van der Waals surface area (Å²) in [6.07, 6.45) is 6.83. The molecule has 0 radical (unpaired) electrons. The Morgan fingerprint density at radius 3 is 2.78 bits per heavy atom. The second-order valence-electron chi connectivity index (χ2n) is 8.65. The Hall–Kier alpha value is -1.97. The van der Waals surface area contributed by atoms with E-state index >= 15 is 0 Å². The van der Waals surface area contributed by atoms with Crippen molar-refractivity contribution in [1.29, 1.82) is 0 Å². The number of fused-ring (bicyclic) bond motifs is 1. The van der Waals surface area contributed by atoms with Crippen LogP contribution < -0.4 is 14.9 Å². The zero-order valence-electron chi connectivity index (χ0n) is 18.1. The topological polar surface area (TPSA) is 78.5 Å². The number of carbonyl (C=O) groups is 1. The van der Waals surface area contributed by atoms with Gasteiger partial charge in [0.1, 0.15) is 16.1 Å². The second kappa shape index (κ2) is 10.3. The Kier molecular flexibility index (Phi) is 7.48. The molecule has 0 saturated heterocycles. The lowest BCUT2D eigenvalue weighted by atomic mass is 9.85. The number of benzene rings is 1. The van der Waals surface area contributed by atoms with E-state index in [1.807, 2.05) is 0 Å². The van der Waals surface area contributed by atoms with E-state index in [0.717, 1.165) is 61.2 Å². The molecule has 0 bridgehead atoms. The molecule has 1 fully saturated rings. The van der Waals surface area contributed by atoms with Crippen LogP contribution in [0.4, 0.5) is 10.1 Å². The Morgan fingerprint density at radius 1 is 1.22 bits per heavy atom. The van der Waals surface area contributed by atoms with Crippen LogP contribution in [0.1, 0.15) is 44.1 Å². The molecule has 2 aromatic rings. The minimum atomic E-state index is -3.73. The summed E-state index contributed by atoms with van der Waals surface area (Å²) >= 11 is 1.14. The van der Waals surface area contributed by atoms with Crippen molar-refractivity contribution >= 4 is 33.0 Å². The number of thiophene rings is 1. The monoisotopic (exact) mass is 479 g/mol. The zero-order chi connectivity index (χ0) is 22.6. The van der Waals surface area contributed by atoms with E-state index in [4.69, 9.17) is 0 Å². The molecule has 1 aliphatic heterocycles. The van der Waals surface area contributed by atoms with Gasteiger partial charge >= 0.3 is 0 Å². The first kappa shape index (κ1) is 23.2. The van der Waals surface area contributed by atoms with Gasteiger partial charge in [-0.1, -0.05) is 38.2 Å². The van der Waals surface area contributed by atoms with E-state index in [0.29, 0.717) is 25.4 Å². The van der Waals surface area contributed by atoms with Crippen LogP contribution in [0, 0.1) is 11.7 Å². The molecule has 174 valence electrons. The van der Waals surface area contributed by atoms with Crippen LogP contribution in [-0.4, -0.2) is 40.0 Å². The van der Waals surface area contributed by atoms with Crippen LogP contribution in [-0.2, 0) is 21.2 Å². The van der Waals surface area contributed by atoms with Crippen molar-refractivity contribution in [2.24, 2.45) is 5.92 Å². The number of nitrogens with zero attached hydrogens (tertiary/aromatic N) is 1. The molecule has 1 unspecified atom stereocenters. The van der Waals surface area contributed by atoms with Gasteiger partial charge in [-0.15, -0.1) is 11.3 Å². The molecule has 0 spiro atoms. The Bertz CT molecular complexity index is 1020. The average Bonchev–Trinajstić information content (AvgIpc) is 3.45. The van der Waals surface area contributed by atoms with Gasteiger partial charge < -0.3 is 10.2 Å². The number of rotatable bonds is 9. The molecule has 1 atom stereocenters. The molecule has 9 heteroatoms. The summed E-state index contributed by atoms with van der Waals surface area (Å²) in [5, 5.41) is 4.64. The molecule has 1 aromatic carbocycles. The molecule has 2 N–H and O–H groups in total. The number of anilines is 1. The zero-order valence-corrected chi connectivity index (χ0v) is 19.7. The maximum Gasteiger partial charge on any atom is 0.250 e. The minimum Gasteiger partial charge on any atom is -0.369 e. The fraction of sp³-hybridized carbons (Fsp3) is 0.522. The number of hydrogen-bond donors (Lipinski definition) is 2. The molecule has 2 heterocycles. The predicted molar refractivity (Wildman–Crippen MR) is 125 cm³/mol. The Labute approximate surface area is 193 Å². The molecule has 6 nitrogen and oxygen atoms in total. The Morgan fingerprint density at radius 2 is 2.03 bits per heavy atom. The van der Waals surface area contributed by atoms with Crippen molar-refractivity contribution in [2.75, 3.05) is 24.5 Å². The van der Waals surface area contributed by atoms with Crippen LogP contribution in [0.25, 0.3) is 0 Å². The number of amides is 1. The van der Waals surface area contributed by atoms with E-state index in [1.54, 1.807) is 29.6 Å². The van der Waals surface area contributed by atoms with E-state index < -0.39 is 16.1 Å². The van der Waals surface area contributed by atoms with Gasteiger partial charge in [-0.05, 0) is 54.0 Å². The van der Waals surface area contributed by atoms with E-state index in [1.165, 1.54) is 12.5 Å². The summed E-state index contributed by atoms with van der Waals surface area (Å²) in [7, 11) is -3.73. The summed E-state index contributed by atoms with van der Waals surface area (Å²) in [4.78, 5) is 15.2. The number of carbonyl (C=O) groups excluding carboxylic acids is 1. The van der Waals surface area contributed by atoms with Crippen molar-refractivity contribution in [2.45, 2.75) is 55.2 Å². The number of halogens is 1. The third kappa shape index (κ3) is 5.68.